The monoisotopic (exact) mass is 294 g/mol. The highest BCUT2D eigenvalue weighted by Crippen LogP contribution is 2.27. The minimum Gasteiger partial charge on any atom is -0.325 e. The van der Waals surface area contributed by atoms with E-state index in [4.69, 9.17) is 11.6 Å². The molecule has 4 heteroatoms. The molecule has 0 bridgehead atoms. The van der Waals surface area contributed by atoms with Crippen molar-refractivity contribution in [3.05, 3.63) is 28.8 Å². The van der Waals surface area contributed by atoms with Crippen LogP contribution in [0, 0.1) is 12.8 Å². The van der Waals surface area contributed by atoms with Gasteiger partial charge in [0, 0.05) is 16.8 Å². The van der Waals surface area contributed by atoms with Crippen LogP contribution in [0.25, 0.3) is 0 Å². The van der Waals surface area contributed by atoms with Crippen LogP contribution in [0.5, 0.6) is 0 Å². The average molecular weight is 295 g/mol. The highest BCUT2D eigenvalue weighted by molar-refractivity contribution is 6.31. The highest BCUT2D eigenvalue weighted by Gasteiger charge is 2.21. The molecule has 1 unspecified atom stereocenters. The second-order valence-electron chi connectivity index (χ2n) is 5.72. The molecule has 1 atom stereocenters. The van der Waals surface area contributed by atoms with E-state index in [9.17, 15) is 4.79 Å². The van der Waals surface area contributed by atoms with Crippen LogP contribution in [0.2, 0.25) is 5.02 Å². The molecule has 0 aliphatic heterocycles. The number of amides is 1. The topological polar surface area (TPSA) is 41.1 Å². The van der Waals surface area contributed by atoms with Crippen molar-refractivity contribution in [1.29, 1.82) is 0 Å². The Hall–Kier alpha value is -1.06. The standard InChI is InChI=1S/C16H23ClN2O/c1-11-7-8-14(17)9-15(11)19-16(20)10-18-12(2)13-5-3-4-6-13/h7-9,12-13,18H,3-6,10H2,1-2H3,(H,19,20). The van der Waals surface area contributed by atoms with E-state index >= 15 is 0 Å². The van der Waals surface area contributed by atoms with Gasteiger partial charge in [0.05, 0.1) is 6.54 Å². The zero-order valence-corrected chi connectivity index (χ0v) is 13.0. The molecule has 1 saturated carbocycles. The number of anilines is 1. The first-order valence-corrected chi connectivity index (χ1v) is 7.73. The van der Waals surface area contributed by atoms with Gasteiger partial charge in [0.15, 0.2) is 0 Å². The highest BCUT2D eigenvalue weighted by atomic mass is 35.5. The molecule has 20 heavy (non-hydrogen) atoms. The van der Waals surface area contributed by atoms with E-state index < -0.39 is 0 Å². The van der Waals surface area contributed by atoms with E-state index in [1.165, 1.54) is 25.7 Å². The summed E-state index contributed by atoms with van der Waals surface area (Å²) in [5.41, 5.74) is 1.81. The van der Waals surface area contributed by atoms with Gasteiger partial charge in [0.25, 0.3) is 0 Å². The van der Waals surface area contributed by atoms with Gasteiger partial charge < -0.3 is 10.6 Å². The smallest absolute Gasteiger partial charge is 0.238 e. The van der Waals surface area contributed by atoms with E-state index in [-0.39, 0.29) is 5.91 Å². The van der Waals surface area contributed by atoms with E-state index in [2.05, 4.69) is 17.6 Å². The maximum atomic E-state index is 12.0. The van der Waals surface area contributed by atoms with Crippen molar-refractivity contribution in [1.82, 2.24) is 5.32 Å². The lowest BCUT2D eigenvalue weighted by molar-refractivity contribution is -0.115. The number of benzene rings is 1. The van der Waals surface area contributed by atoms with Gasteiger partial charge in [-0.05, 0) is 50.3 Å². The first-order chi connectivity index (χ1) is 9.56. The molecule has 0 radical (unpaired) electrons. The Morgan fingerprint density at radius 3 is 2.80 bits per heavy atom. The number of carbonyl (C=O) groups excluding carboxylic acids is 1. The minimum absolute atomic E-state index is 0.0137. The van der Waals surface area contributed by atoms with Gasteiger partial charge in [-0.15, -0.1) is 0 Å². The molecule has 1 aliphatic rings. The van der Waals surface area contributed by atoms with Crippen LogP contribution in [0.1, 0.15) is 38.2 Å². The molecule has 0 spiro atoms. The molecule has 0 aromatic heterocycles. The largest absolute Gasteiger partial charge is 0.325 e. The van der Waals surface area contributed by atoms with Crippen molar-refractivity contribution in [2.24, 2.45) is 5.92 Å². The lowest BCUT2D eigenvalue weighted by Gasteiger charge is -2.20. The maximum absolute atomic E-state index is 12.0. The summed E-state index contributed by atoms with van der Waals surface area (Å²) in [5.74, 6) is 0.705. The number of hydrogen-bond acceptors (Lipinski definition) is 2. The second-order valence-corrected chi connectivity index (χ2v) is 6.16. The first-order valence-electron chi connectivity index (χ1n) is 7.35. The third-order valence-electron chi connectivity index (χ3n) is 4.17. The number of carbonyl (C=O) groups is 1. The Morgan fingerprint density at radius 2 is 2.10 bits per heavy atom. The number of rotatable bonds is 5. The Bertz CT molecular complexity index is 470. The van der Waals surface area contributed by atoms with Crippen LogP contribution >= 0.6 is 11.6 Å². The molecular weight excluding hydrogens is 272 g/mol. The molecule has 0 heterocycles. The summed E-state index contributed by atoms with van der Waals surface area (Å²) in [6, 6.07) is 5.93. The Kier molecular flexibility index (Phi) is 5.44. The molecule has 3 nitrogen and oxygen atoms in total. The predicted molar refractivity (Wildman–Crippen MR) is 84.2 cm³/mol. The van der Waals surface area contributed by atoms with E-state index in [1.54, 1.807) is 6.07 Å². The van der Waals surface area contributed by atoms with Crippen LogP contribution in [0.3, 0.4) is 0 Å². The van der Waals surface area contributed by atoms with Crippen molar-refractivity contribution in [3.8, 4) is 0 Å². The van der Waals surface area contributed by atoms with Gasteiger partial charge in [-0.25, -0.2) is 0 Å². The SMILES string of the molecule is Cc1ccc(Cl)cc1NC(=O)CNC(C)C1CCCC1. The lowest BCUT2D eigenvalue weighted by atomic mass is 10.00. The maximum Gasteiger partial charge on any atom is 0.238 e. The Labute approximate surface area is 126 Å². The van der Waals surface area contributed by atoms with Crippen molar-refractivity contribution in [3.63, 3.8) is 0 Å². The molecule has 2 rings (SSSR count). The number of aryl methyl sites for hydroxylation is 1. The summed E-state index contributed by atoms with van der Waals surface area (Å²) >= 11 is 5.95. The van der Waals surface area contributed by atoms with Gasteiger partial charge in [0.2, 0.25) is 5.91 Å². The zero-order valence-electron chi connectivity index (χ0n) is 12.2. The number of hydrogen-bond donors (Lipinski definition) is 2. The van der Waals surface area contributed by atoms with Gasteiger partial charge in [0.1, 0.15) is 0 Å². The fourth-order valence-corrected chi connectivity index (χ4v) is 2.97. The molecule has 1 amide bonds. The predicted octanol–water partition coefficient (Wildman–Crippen LogP) is 3.76. The molecule has 1 aromatic carbocycles. The lowest BCUT2D eigenvalue weighted by Crippen LogP contribution is -2.38. The van der Waals surface area contributed by atoms with Crippen LogP contribution < -0.4 is 10.6 Å². The van der Waals surface area contributed by atoms with E-state index in [0.29, 0.717) is 17.6 Å². The van der Waals surface area contributed by atoms with Crippen molar-refractivity contribution in [2.45, 2.75) is 45.6 Å². The fraction of sp³-hybridized carbons (Fsp3) is 0.562. The molecule has 1 aromatic rings. The first kappa shape index (κ1) is 15.3. The summed E-state index contributed by atoms with van der Waals surface area (Å²) in [5, 5.41) is 6.88. The van der Waals surface area contributed by atoms with Crippen molar-refractivity contribution >= 4 is 23.2 Å². The van der Waals surface area contributed by atoms with Crippen LogP contribution in [0.15, 0.2) is 18.2 Å². The van der Waals surface area contributed by atoms with Gasteiger partial charge in [-0.1, -0.05) is 30.5 Å². The number of halogens is 1. The summed E-state index contributed by atoms with van der Waals surface area (Å²) in [7, 11) is 0. The van der Waals surface area contributed by atoms with E-state index in [0.717, 1.165) is 17.2 Å². The van der Waals surface area contributed by atoms with Crippen LogP contribution in [-0.4, -0.2) is 18.5 Å². The molecule has 2 N–H and O–H groups in total. The Morgan fingerprint density at radius 1 is 1.40 bits per heavy atom. The van der Waals surface area contributed by atoms with Crippen molar-refractivity contribution in [2.75, 3.05) is 11.9 Å². The van der Waals surface area contributed by atoms with E-state index in [1.807, 2.05) is 19.1 Å². The average Bonchev–Trinajstić information content (AvgIpc) is 2.94. The Balaban J connectivity index is 1.81. The molecule has 110 valence electrons. The molecule has 0 saturated heterocycles. The van der Waals surface area contributed by atoms with Gasteiger partial charge in [-0.3, -0.25) is 4.79 Å². The molecule has 1 fully saturated rings. The zero-order chi connectivity index (χ0) is 14.5. The van der Waals surface area contributed by atoms with Crippen LogP contribution in [-0.2, 0) is 4.79 Å². The number of nitrogens with one attached hydrogen (secondary N) is 2. The summed E-state index contributed by atoms with van der Waals surface area (Å²) < 4.78 is 0. The van der Waals surface area contributed by atoms with Gasteiger partial charge >= 0.3 is 0 Å². The van der Waals surface area contributed by atoms with Gasteiger partial charge in [-0.2, -0.15) is 0 Å². The third-order valence-corrected chi connectivity index (χ3v) is 4.40. The summed E-state index contributed by atoms with van der Waals surface area (Å²) in [4.78, 5) is 12.0. The quantitative estimate of drug-likeness (QED) is 0.868. The molecule has 1 aliphatic carbocycles. The summed E-state index contributed by atoms with van der Waals surface area (Å²) in [6.07, 6.45) is 5.21. The molecular formula is C16H23ClN2O. The fourth-order valence-electron chi connectivity index (χ4n) is 2.80. The minimum atomic E-state index is -0.0137. The third kappa shape index (κ3) is 4.22. The summed E-state index contributed by atoms with van der Waals surface area (Å²) in [6.45, 7) is 4.48. The second kappa shape index (κ2) is 7.09. The van der Waals surface area contributed by atoms with Crippen LogP contribution in [0.4, 0.5) is 5.69 Å². The normalized spacial score (nSPS) is 17.1. The van der Waals surface area contributed by atoms with Crippen molar-refractivity contribution < 1.29 is 4.79 Å².